The zero-order valence-corrected chi connectivity index (χ0v) is 13.0. The van der Waals surface area contributed by atoms with E-state index in [2.05, 4.69) is 0 Å². The molecule has 0 radical (unpaired) electrons. The molecular formula is C19H15F5. The van der Waals surface area contributed by atoms with E-state index in [1.807, 2.05) is 6.92 Å². The molecule has 0 heterocycles. The number of hydrogen-bond acceptors (Lipinski definition) is 0. The number of rotatable bonds is 3. The van der Waals surface area contributed by atoms with Crippen molar-refractivity contribution in [3.05, 3.63) is 75.6 Å². The maximum Gasteiger partial charge on any atom is 0.194 e. The zero-order chi connectivity index (χ0) is 17.4. The second-order valence-corrected chi connectivity index (χ2v) is 5.92. The van der Waals surface area contributed by atoms with E-state index >= 15 is 0 Å². The largest absolute Gasteiger partial charge is 0.206 e. The Balaban J connectivity index is 2.01. The van der Waals surface area contributed by atoms with Gasteiger partial charge in [-0.3, -0.25) is 0 Å². The molecule has 0 fully saturated rings. The molecule has 1 aliphatic rings. The molecule has 3 rings (SSSR count). The van der Waals surface area contributed by atoms with Crippen LogP contribution in [0.5, 0.6) is 0 Å². The van der Waals surface area contributed by atoms with Crippen molar-refractivity contribution in [2.24, 2.45) is 0 Å². The van der Waals surface area contributed by atoms with Gasteiger partial charge in [-0.05, 0) is 59.7 Å². The van der Waals surface area contributed by atoms with Crippen molar-refractivity contribution >= 4 is 5.57 Å². The zero-order valence-electron chi connectivity index (χ0n) is 13.0. The van der Waals surface area contributed by atoms with Crippen LogP contribution in [0.4, 0.5) is 22.0 Å². The number of aryl methyl sites for hydroxylation is 1. The molecule has 1 aliphatic carbocycles. The Bertz CT molecular complexity index is 813. The molecule has 0 spiro atoms. The van der Waals surface area contributed by atoms with Crippen LogP contribution in [0.2, 0.25) is 0 Å². The Labute approximate surface area is 136 Å². The number of allylic oxidation sites excluding steroid dienone is 2. The van der Waals surface area contributed by atoms with Crippen LogP contribution in [0.15, 0.2) is 24.3 Å². The van der Waals surface area contributed by atoms with Gasteiger partial charge < -0.3 is 0 Å². The van der Waals surface area contributed by atoms with Gasteiger partial charge in [0, 0.05) is 5.56 Å². The number of fused-ring (bicyclic) bond motifs is 1. The lowest BCUT2D eigenvalue weighted by atomic mass is 9.86. The van der Waals surface area contributed by atoms with Crippen molar-refractivity contribution in [1.82, 2.24) is 0 Å². The fourth-order valence-electron chi connectivity index (χ4n) is 3.12. The predicted octanol–water partition coefficient (Wildman–Crippen LogP) is 5.52. The Hall–Kier alpha value is -2.17. The summed E-state index contributed by atoms with van der Waals surface area (Å²) >= 11 is 0. The molecular weight excluding hydrogens is 323 g/mol. The highest BCUT2D eigenvalue weighted by Crippen LogP contribution is 2.33. The van der Waals surface area contributed by atoms with Crippen LogP contribution in [0, 0.1) is 29.1 Å². The standard InChI is InChI=1S/C19H15F5/c1-2-3-10-6-14(20)17(15(21)7-10)11-4-5-13-12(8-11)9-16(22)19(24)18(13)23/h4,6-7,9H,2-3,5,8H2,1H3. The number of benzene rings is 2. The summed E-state index contributed by atoms with van der Waals surface area (Å²) in [5.74, 6) is -5.45. The summed E-state index contributed by atoms with van der Waals surface area (Å²) in [5.41, 5.74) is 0.922. The Morgan fingerprint density at radius 1 is 0.875 bits per heavy atom. The molecule has 0 amide bonds. The van der Waals surface area contributed by atoms with Gasteiger partial charge in [-0.15, -0.1) is 0 Å². The van der Waals surface area contributed by atoms with Crippen LogP contribution < -0.4 is 0 Å². The van der Waals surface area contributed by atoms with E-state index in [1.165, 1.54) is 18.2 Å². The highest BCUT2D eigenvalue weighted by Gasteiger charge is 2.24. The van der Waals surface area contributed by atoms with Crippen LogP contribution >= 0.6 is 0 Å². The summed E-state index contributed by atoms with van der Waals surface area (Å²) in [6.45, 7) is 1.91. The van der Waals surface area contributed by atoms with Gasteiger partial charge in [0.2, 0.25) is 0 Å². The molecule has 2 aromatic carbocycles. The van der Waals surface area contributed by atoms with Gasteiger partial charge in [0.05, 0.1) is 0 Å². The van der Waals surface area contributed by atoms with Crippen LogP contribution in [0.25, 0.3) is 5.57 Å². The number of hydrogen-bond donors (Lipinski definition) is 0. The summed E-state index contributed by atoms with van der Waals surface area (Å²) in [7, 11) is 0. The minimum atomic E-state index is -1.52. The first-order valence-electron chi connectivity index (χ1n) is 7.75. The molecule has 0 saturated heterocycles. The van der Waals surface area contributed by atoms with E-state index in [9.17, 15) is 22.0 Å². The highest BCUT2D eigenvalue weighted by atomic mass is 19.2. The molecule has 2 aromatic rings. The summed E-state index contributed by atoms with van der Waals surface area (Å²) in [6.07, 6.45) is 2.70. The normalized spacial score (nSPS) is 13.7. The number of halogens is 5. The molecule has 0 aromatic heterocycles. The molecule has 24 heavy (non-hydrogen) atoms. The second-order valence-electron chi connectivity index (χ2n) is 5.92. The van der Waals surface area contributed by atoms with Crippen molar-refractivity contribution in [2.45, 2.75) is 32.6 Å². The molecule has 0 unspecified atom stereocenters. The maximum absolute atomic E-state index is 14.3. The first-order valence-corrected chi connectivity index (χ1v) is 7.75. The van der Waals surface area contributed by atoms with E-state index in [4.69, 9.17) is 0 Å². The third-order valence-corrected chi connectivity index (χ3v) is 4.25. The van der Waals surface area contributed by atoms with Crippen molar-refractivity contribution < 1.29 is 22.0 Å². The molecule has 0 saturated carbocycles. The molecule has 5 heteroatoms. The van der Waals surface area contributed by atoms with Crippen LogP contribution in [-0.2, 0) is 19.3 Å². The quantitative estimate of drug-likeness (QED) is 0.511. The fourth-order valence-corrected chi connectivity index (χ4v) is 3.12. The lowest BCUT2D eigenvalue weighted by Crippen LogP contribution is -2.10. The van der Waals surface area contributed by atoms with Gasteiger partial charge in [-0.25, -0.2) is 22.0 Å². The molecule has 0 nitrogen and oxygen atoms in total. The van der Waals surface area contributed by atoms with E-state index in [-0.39, 0.29) is 29.5 Å². The van der Waals surface area contributed by atoms with E-state index in [0.29, 0.717) is 17.6 Å². The summed E-state index contributed by atoms with van der Waals surface area (Å²) < 4.78 is 69.1. The van der Waals surface area contributed by atoms with E-state index < -0.39 is 29.1 Å². The average molecular weight is 338 g/mol. The highest BCUT2D eigenvalue weighted by molar-refractivity contribution is 5.71. The van der Waals surface area contributed by atoms with Gasteiger partial charge in [0.1, 0.15) is 11.6 Å². The maximum atomic E-state index is 14.3. The Morgan fingerprint density at radius 3 is 2.17 bits per heavy atom. The monoisotopic (exact) mass is 338 g/mol. The third-order valence-electron chi connectivity index (χ3n) is 4.25. The second kappa shape index (κ2) is 6.38. The first-order chi connectivity index (χ1) is 11.4. The lowest BCUT2D eigenvalue weighted by molar-refractivity contribution is 0.440. The molecule has 0 aliphatic heterocycles. The summed E-state index contributed by atoms with van der Waals surface area (Å²) in [5, 5.41) is 0. The third kappa shape index (κ3) is 2.83. The smallest absolute Gasteiger partial charge is 0.194 e. The van der Waals surface area contributed by atoms with Crippen molar-refractivity contribution in [3.8, 4) is 0 Å². The van der Waals surface area contributed by atoms with Gasteiger partial charge >= 0.3 is 0 Å². The first kappa shape index (κ1) is 16.7. The SMILES string of the molecule is CCCc1cc(F)c(C2=CCc3c(cc(F)c(F)c3F)C2)c(F)c1. The van der Waals surface area contributed by atoms with E-state index in [0.717, 1.165) is 12.5 Å². The predicted molar refractivity (Wildman–Crippen MR) is 82.1 cm³/mol. The Kier molecular flexibility index (Phi) is 4.43. The van der Waals surface area contributed by atoms with E-state index in [1.54, 1.807) is 0 Å². The van der Waals surface area contributed by atoms with Crippen molar-refractivity contribution in [3.63, 3.8) is 0 Å². The average Bonchev–Trinajstić information content (AvgIpc) is 2.52. The Morgan fingerprint density at radius 2 is 1.54 bits per heavy atom. The topological polar surface area (TPSA) is 0 Å². The molecule has 0 atom stereocenters. The summed E-state index contributed by atoms with van der Waals surface area (Å²) in [6, 6.07) is 3.45. The van der Waals surface area contributed by atoms with Crippen LogP contribution in [-0.4, -0.2) is 0 Å². The van der Waals surface area contributed by atoms with Gasteiger partial charge in [0.25, 0.3) is 0 Å². The van der Waals surface area contributed by atoms with Gasteiger partial charge in [0.15, 0.2) is 17.5 Å². The van der Waals surface area contributed by atoms with Crippen LogP contribution in [0.3, 0.4) is 0 Å². The summed E-state index contributed by atoms with van der Waals surface area (Å²) in [4.78, 5) is 0. The van der Waals surface area contributed by atoms with Crippen molar-refractivity contribution in [2.75, 3.05) is 0 Å². The van der Waals surface area contributed by atoms with Crippen molar-refractivity contribution in [1.29, 1.82) is 0 Å². The fraction of sp³-hybridized carbons (Fsp3) is 0.263. The van der Waals surface area contributed by atoms with Crippen LogP contribution in [0.1, 0.15) is 35.6 Å². The van der Waals surface area contributed by atoms with Gasteiger partial charge in [-0.1, -0.05) is 19.4 Å². The molecule has 0 bridgehead atoms. The molecule has 0 N–H and O–H groups in total. The molecule has 126 valence electrons. The lowest BCUT2D eigenvalue weighted by Gasteiger charge is -2.19. The van der Waals surface area contributed by atoms with Gasteiger partial charge in [-0.2, -0.15) is 0 Å². The minimum Gasteiger partial charge on any atom is -0.206 e. The minimum absolute atomic E-state index is 0.0288.